The van der Waals surface area contributed by atoms with Gasteiger partial charge in [0.2, 0.25) is 0 Å². The van der Waals surface area contributed by atoms with E-state index in [0.29, 0.717) is 0 Å². The molecule has 0 aliphatic heterocycles. The Labute approximate surface area is 314 Å². The fraction of sp³-hybridized carbons (Fsp3) is 0.286. The third kappa shape index (κ3) is 12.3. The average Bonchev–Trinajstić information content (AvgIpc) is 3.70. The number of benzene rings is 4. The second-order valence-corrected chi connectivity index (χ2v) is 16.5. The summed E-state index contributed by atoms with van der Waals surface area (Å²) in [5.74, 6) is 0. The first-order valence-electron chi connectivity index (χ1n) is 16.7. The summed E-state index contributed by atoms with van der Waals surface area (Å²) in [7, 11) is -0.429. The molecular weight excluding hydrogens is 685 g/mol. The quantitative estimate of drug-likeness (QED) is 0.0630. The molecule has 0 saturated heterocycles. The molecular formula is C42H48Cl2P2Ti. The van der Waals surface area contributed by atoms with E-state index in [-0.39, 0.29) is 54.5 Å². The topological polar surface area (TPSA) is 0 Å². The zero-order chi connectivity index (χ0) is 30.4. The van der Waals surface area contributed by atoms with Gasteiger partial charge in [-0.25, -0.2) is 0 Å². The van der Waals surface area contributed by atoms with E-state index in [2.05, 4.69) is 147 Å². The molecule has 6 aromatic rings. The van der Waals surface area contributed by atoms with Gasteiger partial charge in [0.25, 0.3) is 0 Å². The average molecular weight is 734 g/mol. The SMILES string of the molecule is CCCCCCP(CCCCCC)c1cc2ccccc2[cH-]1.[Cl-].[Cl-].[Ti+4].c1ccc(P(c2ccccc2)c2cc3ccccc3[cH-]2)cc1. The number of hydrogen-bond acceptors (Lipinski definition) is 0. The summed E-state index contributed by atoms with van der Waals surface area (Å²) >= 11 is 0. The minimum atomic E-state index is -0.493. The van der Waals surface area contributed by atoms with E-state index in [9.17, 15) is 0 Å². The molecule has 0 unspecified atom stereocenters. The van der Waals surface area contributed by atoms with Crippen molar-refractivity contribution in [3.05, 3.63) is 133 Å². The monoisotopic (exact) mass is 732 g/mol. The zero-order valence-corrected chi connectivity index (χ0v) is 32.8. The Hall–Kier alpha value is -1.75. The minimum absolute atomic E-state index is 0. The number of rotatable bonds is 14. The van der Waals surface area contributed by atoms with Crippen molar-refractivity contribution in [1.29, 1.82) is 0 Å². The Balaban J connectivity index is 0.000000307. The maximum Gasteiger partial charge on any atom is 4.00 e. The van der Waals surface area contributed by atoms with Crippen molar-refractivity contribution in [2.75, 3.05) is 12.3 Å². The van der Waals surface area contributed by atoms with Crippen molar-refractivity contribution < 1.29 is 46.5 Å². The first-order chi connectivity index (χ1) is 21.8. The first kappa shape index (κ1) is 41.4. The molecule has 0 nitrogen and oxygen atoms in total. The van der Waals surface area contributed by atoms with Crippen LogP contribution in [0, 0.1) is 0 Å². The van der Waals surface area contributed by atoms with Crippen LogP contribution >= 0.6 is 15.8 Å². The van der Waals surface area contributed by atoms with Crippen LogP contribution in [-0.4, -0.2) is 12.3 Å². The fourth-order valence-electron chi connectivity index (χ4n) is 6.01. The molecule has 0 bridgehead atoms. The van der Waals surface area contributed by atoms with Gasteiger partial charge in [-0.3, -0.25) is 0 Å². The summed E-state index contributed by atoms with van der Waals surface area (Å²) in [6, 6.07) is 48.8. The van der Waals surface area contributed by atoms with Gasteiger partial charge in [0.1, 0.15) is 0 Å². The minimum Gasteiger partial charge on any atom is -1.00 e. The molecule has 0 spiro atoms. The van der Waals surface area contributed by atoms with Crippen molar-refractivity contribution >= 4 is 58.6 Å². The number of halogens is 2. The fourth-order valence-corrected chi connectivity index (χ4v) is 11.0. The van der Waals surface area contributed by atoms with Gasteiger partial charge in [0.05, 0.1) is 0 Å². The normalized spacial score (nSPS) is 10.6. The summed E-state index contributed by atoms with van der Waals surface area (Å²) in [4.78, 5) is 0. The first-order valence-corrected chi connectivity index (χ1v) is 19.8. The molecule has 0 radical (unpaired) electrons. The molecule has 0 amide bonds. The van der Waals surface area contributed by atoms with Crippen LogP contribution in [0.5, 0.6) is 0 Å². The third-order valence-corrected chi connectivity index (χ3v) is 13.5. The van der Waals surface area contributed by atoms with E-state index < -0.39 is 7.92 Å². The summed E-state index contributed by atoms with van der Waals surface area (Å²) in [5.41, 5.74) is 0. The molecule has 0 atom stereocenters. The van der Waals surface area contributed by atoms with Crippen molar-refractivity contribution in [2.24, 2.45) is 0 Å². The Morgan fingerprint density at radius 3 is 1.32 bits per heavy atom. The van der Waals surface area contributed by atoms with E-state index in [1.807, 2.05) is 0 Å². The molecule has 0 N–H and O–H groups in total. The standard InChI is InChI=1S/C21H16P.C21H32P.2ClH.Ti/c1-3-11-19(12-4-1)22(20-13-5-2-6-14-20)21-15-17-9-7-8-10-18(17)16-21;1-3-5-7-11-15-22(16-12-8-6-4-2)21-17-19-13-9-10-14-20(19)18-21;;;/h1-16H;9-10,13-14,17-18H,3-8,11-12,15-16H2,1-2H3;2*1H;/q2*-1;;;+4/p-2. The van der Waals surface area contributed by atoms with Gasteiger partial charge in [0.15, 0.2) is 0 Å². The van der Waals surface area contributed by atoms with E-state index in [1.165, 1.54) is 101 Å². The van der Waals surface area contributed by atoms with Crippen LogP contribution < -0.4 is 46.0 Å². The third-order valence-electron chi connectivity index (χ3n) is 8.42. The Bertz CT molecular complexity index is 1540. The molecule has 0 heterocycles. The zero-order valence-electron chi connectivity index (χ0n) is 27.9. The van der Waals surface area contributed by atoms with Crippen LogP contribution in [0.4, 0.5) is 0 Å². The summed E-state index contributed by atoms with van der Waals surface area (Å²) < 4.78 is 0. The number of unbranched alkanes of at least 4 members (excludes halogenated alkanes) is 6. The van der Waals surface area contributed by atoms with Crippen molar-refractivity contribution in [2.45, 2.75) is 65.2 Å². The molecule has 0 aliphatic rings. The molecule has 47 heavy (non-hydrogen) atoms. The van der Waals surface area contributed by atoms with Gasteiger partial charge < -0.3 is 24.8 Å². The van der Waals surface area contributed by atoms with Crippen molar-refractivity contribution in [3.8, 4) is 0 Å². The van der Waals surface area contributed by atoms with Gasteiger partial charge in [-0.1, -0.05) is 133 Å². The second-order valence-electron chi connectivity index (χ2n) is 11.8. The van der Waals surface area contributed by atoms with Crippen LogP contribution in [0.1, 0.15) is 65.2 Å². The van der Waals surface area contributed by atoms with Gasteiger partial charge in [-0.2, -0.15) is 12.1 Å². The van der Waals surface area contributed by atoms with Gasteiger partial charge in [-0.05, 0) is 43.7 Å². The van der Waals surface area contributed by atoms with E-state index in [4.69, 9.17) is 0 Å². The van der Waals surface area contributed by atoms with Crippen LogP contribution in [0.2, 0.25) is 0 Å². The molecule has 6 rings (SSSR count). The van der Waals surface area contributed by atoms with Gasteiger partial charge in [0, 0.05) is 0 Å². The molecule has 0 fully saturated rings. The molecule has 0 saturated carbocycles. The maximum absolute atomic E-state index is 2.47. The number of fused-ring (bicyclic) bond motifs is 2. The summed E-state index contributed by atoms with van der Waals surface area (Å²) in [6.07, 6.45) is 14.1. The summed E-state index contributed by atoms with van der Waals surface area (Å²) in [5, 5.41) is 11.4. The maximum atomic E-state index is 2.47. The predicted molar refractivity (Wildman–Crippen MR) is 202 cm³/mol. The van der Waals surface area contributed by atoms with Crippen LogP contribution in [0.3, 0.4) is 0 Å². The van der Waals surface area contributed by atoms with Crippen LogP contribution in [0.15, 0.2) is 133 Å². The largest absolute Gasteiger partial charge is 4.00 e. The van der Waals surface area contributed by atoms with Crippen LogP contribution in [0.25, 0.3) is 21.5 Å². The second kappa shape index (κ2) is 22.8. The smallest absolute Gasteiger partial charge is 1.00 e. The van der Waals surface area contributed by atoms with Crippen molar-refractivity contribution in [3.63, 3.8) is 0 Å². The van der Waals surface area contributed by atoms with Crippen LogP contribution in [-0.2, 0) is 21.7 Å². The van der Waals surface area contributed by atoms with E-state index >= 15 is 0 Å². The predicted octanol–water partition coefficient (Wildman–Crippen LogP) is 5.15. The molecule has 244 valence electrons. The number of hydrogen-bond donors (Lipinski definition) is 0. The van der Waals surface area contributed by atoms with E-state index in [0.717, 1.165) is 0 Å². The molecule has 0 aromatic heterocycles. The Kier molecular flexibility index (Phi) is 20.1. The van der Waals surface area contributed by atoms with Gasteiger partial charge in [-0.15, -0.1) is 80.7 Å². The molecule has 0 aliphatic carbocycles. The van der Waals surface area contributed by atoms with Crippen molar-refractivity contribution in [1.82, 2.24) is 0 Å². The molecule has 6 aromatic carbocycles. The van der Waals surface area contributed by atoms with E-state index in [1.54, 1.807) is 5.30 Å². The molecule has 5 heteroatoms. The summed E-state index contributed by atoms with van der Waals surface area (Å²) in [6.45, 7) is 4.61. The van der Waals surface area contributed by atoms with Gasteiger partial charge >= 0.3 is 21.7 Å². The Morgan fingerprint density at radius 1 is 0.468 bits per heavy atom. The Morgan fingerprint density at radius 2 is 0.872 bits per heavy atom.